The van der Waals surface area contributed by atoms with E-state index in [9.17, 15) is 4.79 Å². The van der Waals surface area contributed by atoms with Crippen LogP contribution in [0.15, 0.2) is 66.3 Å². The molecule has 1 aromatic carbocycles. The SMILES string of the molecule is Cc1ccc(C(NC(=O)CN2CCN(Cc3ccncc3)CC2)c2cccs2)cc1. The number of piperazine rings is 1. The summed E-state index contributed by atoms with van der Waals surface area (Å²) in [5, 5.41) is 5.32. The highest BCUT2D eigenvalue weighted by Gasteiger charge is 2.22. The zero-order valence-electron chi connectivity index (χ0n) is 17.3. The molecule has 6 heteroatoms. The van der Waals surface area contributed by atoms with Crippen molar-refractivity contribution in [2.45, 2.75) is 19.5 Å². The van der Waals surface area contributed by atoms with E-state index in [1.807, 2.05) is 18.5 Å². The van der Waals surface area contributed by atoms with Crippen molar-refractivity contribution in [3.8, 4) is 0 Å². The van der Waals surface area contributed by atoms with Crippen molar-refractivity contribution in [3.05, 3.63) is 87.9 Å². The van der Waals surface area contributed by atoms with Crippen LogP contribution in [0.3, 0.4) is 0 Å². The van der Waals surface area contributed by atoms with Crippen LogP contribution in [-0.4, -0.2) is 53.4 Å². The Bertz CT molecular complexity index is 920. The van der Waals surface area contributed by atoms with Crippen LogP contribution in [0.2, 0.25) is 0 Å². The largest absolute Gasteiger partial charge is 0.343 e. The smallest absolute Gasteiger partial charge is 0.234 e. The summed E-state index contributed by atoms with van der Waals surface area (Å²) in [5.74, 6) is 0.0801. The maximum atomic E-state index is 12.9. The molecule has 30 heavy (non-hydrogen) atoms. The minimum absolute atomic E-state index is 0.0801. The fraction of sp³-hybridized carbons (Fsp3) is 0.333. The number of hydrogen-bond donors (Lipinski definition) is 1. The standard InChI is InChI=1S/C24H28N4OS/c1-19-4-6-21(7-5-19)24(22-3-2-16-30-22)26-23(29)18-28-14-12-27(13-15-28)17-20-8-10-25-11-9-20/h2-11,16,24H,12-15,17-18H2,1H3,(H,26,29). The molecular weight excluding hydrogens is 392 g/mol. The minimum Gasteiger partial charge on any atom is -0.343 e. The van der Waals surface area contributed by atoms with Crippen LogP contribution >= 0.6 is 11.3 Å². The van der Waals surface area contributed by atoms with E-state index in [-0.39, 0.29) is 11.9 Å². The molecule has 0 saturated carbocycles. The van der Waals surface area contributed by atoms with E-state index in [1.165, 1.54) is 11.1 Å². The van der Waals surface area contributed by atoms with Gasteiger partial charge in [0.05, 0.1) is 12.6 Å². The number of hydrogen-bond acceptors (Lipinski definition) is 5. The maximum Gasteiger partial charge on any atom is 0.234 e. The molecular formula is C24H28N4OS. The number of benzene rings is 1. The van der Waals surface area contributed by atoms with Gasteiger partial charge in [-0.25, -0.2) is 0 Å². The summed E-state index contributed by atoms with van der Waals surface area (Å²) in [6.45, 7) is 7.23. The molecule has 0 bridgehead atoms. The molecule has 1 atom stereocenters. The first-order valence-corrected chi connectivity index (χ1v) is 11.3. The Morgan fingerprint density at radius 2 is 1.73 bits per heavy atom. The van der Waals surface area contributed by atoms with E-state index in [1.54, 1.807) is 11.3 Å². The van der Waals surface area contributed by atoms with Gasteiger partial charge < -0.3 is 5.32 Å². The first-order chi connectivity index (χ1) is 14.7. The van der Waals surface area contributed by atoms with Gasteiger partial charge in [-0.05, 0) is 41.6 Å². The summed E-state index contributed by atoms with van der Waals surface area (Å²) in [5.41, 5.74) is 3.63. The quantitative estimate of drug-likeness (QED) is 0.636. The van der Waals surface area contributed by atoms with E-state index in [0.29, 0.717) is 6.54 Å². The van der Waals surface area contributed by atoms with Crippen LogP contribution in [-0.2, 0) is 11.3 Å². The van der Waals surface area contributed by atoms with E-state index in [2.05, 4.69) is 74.9 Å². The Hall–Kier alpha value is -2.54. The van der Waals surface area contributed by atoms with Gasteiger partial charge in [-0.1, -0.05) is 35.9 Å². The highest BCUT2D eigenvalue weighted by atomic mass is 32.1. The number of nitrogens with zero attached hydrogens (tertiary/aromatic N) is 3. The van der Waals surface area contributed by atoms with Crippen molar-refractivity contribution in [1.82, 2.24) is 20.1 Å². The Kier molecular flexibility index (Phi) is 6.89. The van der Waals surface area contributed by atoms with E-state index < -0.39 is 0 Å². The molecule has 1 aliphatic heterocycles. The van der Waals surface area contributed by atoms with Crippen molar-refractivity contribution in [1.29, 1.82) is 0 Å². The zero-order chi connectivity index (χ0) is 20.8. The molecule has 1 N–H and O–H groups in total. The molecule has 1 saturated heterocycles. The molecule has 0 spiro atoms. The second kappa shape index (κ2) is 9.98. The fourth-order valence-corrected chi connectivity index (χ4v) is 4.60. The van der Waals surface area contributed by atoms with E-state index in [4.69, 9.17) is 0 Å². The third-order valence-electron chi connectivity index (χ3n) is 5.53. The van der Waals surface area contributed by atoms with Crippen LogP contribution in [0, 0.1) is 6.92 Å². The predicted molar refractivity (Wildman–Crippen MR) is 121 cm³/mol. The van der Waals surface area contributed by atoms with Crippen LogP contribution < -0.4 is 5.32 Å². The summed E-state index contributed by atoms with van der Waals surface area (Å²) in [6.07, 6.45) is 3.68. The normalized spacial score (nSPS) is 16.3. The number of amides is 1. The summed E-state index contributed by atoms with van der Waals surface area (Å²) >= 11 is 1.68. The van der Waals surface area contributed by atoms with Gasteiger partial charge in [-0.3, -0.25) is 19.6 Å². The lowest BCUT2D eigenvalue weighted by molar-refractivity contribution is -0.123. The number of nitrogens with one attached hydrogen (secondary N) is 1. The Balaban J connectivity index is 1.31. The number of thiophene rings is 1. The second-order valence-corrected chi connectivity index (χ2v) is 8.81. The van der Waals surface area contributed by atoms with Gasteiger partial charge in [0.25, 0.3) is 0 Å². The molecule has 1 aliphatic rings. The summed E-state index contributed by atoms with van der Waals surface area (Å²) < 4.78 is 0. The molecule has 1 unspecified atom stereocenters. The van der Waals surface area contributed by atoms with Crippen LogP contribution in [0.1, 0.15) is 27.6 Å². The molecule has 2 aromatic heterocycles. The average molecular weight is 421 g/mol. The van der Waals surface area contributed by atoms with Crippen LogP contribution in [0.5, 0.6) is 0 Å². The van der Waals surface area contributed by atoms with Gasteiger partial charge in [0.1, 0.15) is 0 Å². The monoisotopic (exact) mass is 420 g/mol. The molecule has 4 rings (SSSR count). The Morgan fingerprint density at radius 1 is 1.03 bits per heavy atom. The molecule has 5 nitrogen and oxygen atoms in total. The molecule has 0 aliphatic carbocycles. The molecule has 156 valence electrons. The average Bonchev–Trinajstić information content (AvgIpc) is 3.30. The van der Waals surface area contributed by atoms with Gasteiger partial charge in [0.2, 0.25) is 5.91 Å². The molecule has 1 fully saturated rings. The van der Waals surface area contributed by atoms with Gasteiger partial charge >= 0.3 is 0 Å². The Morgan fingerprint density at radius 3 is 2.40 bits per heavy atom. The number of carbonyl (C=O) groups excluding carboxylic acids is 1. The second-order valence-electron chi connectivity index (χ2n) is 7.83. The number of carbonyl (C=O) groups is 1. The third kappa shape index (κ3) is 5.53. The van der Waals surface area contributed by atoms with Crippen molar-refractivity contribution < 1.29 is 4.79 Å². The third-order valence-corrected chi connectivity index (χ3v) is 6.47. The zero-order valence-corrected chi connectivity index (χ0v) is 18.1. The number of aromatic nitrogens is 1. The highest BCUT2D eigenvalue weighted by Crippen LogP contribution is 2.26. The minimum atomic E-state index is -0.0916. The first-order valence-electron chi connectivity index (χ1n) is 10.4. The van der Waals surface area contributed by atoms with Gasteiger partial charge in [0, 0.05) is 50.0 Å². The number of aryl methyl sites for hydroxylation is 1. The van der Waals surface area contributed by atoms with Crippen molar-refractivity contribution in [2.75, 3.05) is 32.7 Å². The van der Waals surface area contributed by atoms with Crippen molar-refractivity contribution in [2.24, 2.45) is 0 Å². The number of pyridine rings is 1. The molecule has 3 aromatic rings. The van der Waals surface area contributed by atoms with Crippen LogP contribution in [0.4, 0.5) is 0 Å². The van der Waals surface area contributed by atoms with E-state index >= 15 is 0 Å². The summed E-state index contributed by atoms with van der Waals surface area (Å²) in [4.78, 5) is 22.8. The summed E-state index contributed by atoms with van der Waals surface area (Å²) in [7, 11) is 0. The number of rotatable bonds is 7. The molecule has 0 radical (unpaired) electrons. The lowest BCUT2D eigenvalue weighted by Gasteiger charge is -2.34. The van der Waals surface area contributed by atoms with Crippen molar-refractivity contribution >= 4 is 17.2 Å². The molecule has 1 amide bonds. The van der Waals surface area contributed by atoms with Gasteiger partial charge in [0.15, 0.2) is 0 Å². The Labute approximate surface area is 182 Å². The summed E-state index contributed by atoms with van der Waals surface area (Å²) in [6, 6.07) is 16.6. The van der Waals surface area contributed by atoms with Crippen LogP contribution in [0.25, 0.3) is 0 Å². The lowest BCUT2D eigenvalue weighted by atomic mass is 10.0. The van der Waals surface area contributed by atoms with Gasteiger partial charge in [-0.15, -0.1) is 11.3 Å². The highest BCUT2D eigenvalue weighted by molar-refractivity contribution is 7.10. The molecule has 3 heterocycles. The predicted octanol–water partition coefficient (Wildman–Crippen LogP) is 3.47. The first kappa shape index (κ1) is 20.7. The topological polar surface area (TPSA) is 48.5 Å². The van der Waals surface area contributed by atoms with E-state index in [0.717, 1.165) is 43.2 Å². The lowest BCUT2D eigenvalue weighted by Crippen LogP contribution is -2.49. The van der Waals surface area contributed by atoms with Gasteiger partial charge in [-0.2, -0.15) is 0 Å². The maximum absolute atomic E-state index is 12.9. The van der Waals surface area contributed by atoms with Crippen molar-refractivity contribution in [3.63, 3.8) is 0 Å². The fourth-order valence-electron chi connectivity index (χ4n) is 3.79.